The summed E-state index contributed by atoms with van der Waals surface area (Å²) in [6.07, 6.45) is 1.75. The van der Waals surface area contributed by atoms with E-state index in [0.717, 1.165) is 11.3 Å². The zero-order valence-corrected chi connectivity index (χ0v) is 11.9. The van der Waals surface area contributed by atoms with Crippen LogP contribution in [0.2, 0.25) is 0 Å². The number of aromatic nitrogens is 1. The van der Waals surface area contributed by atoms with Crippen LogP contribution in [0, 0.1) is 6.92 Å². The Bertz CT molecular complexity index is 638. The number of amides is 1. The van der Waals surface area contributed by atoms with E-state index in [0.29, 0.717) is 17.7 Å². The van der Waals surface area contributed by atoms with Crippen LogP contribution in [0.3, 0.4) is 0 Å². The Morgan fingerprint density at radius 2 is 2.05 bits per heavy atom. The van der Waals surface area contributed by atoms with Gasteiger partial charge in [-0.3, -0.25) is 9.78 Å². The maximum Gasteiger partial charge on any atom is 0.251 e. The van der Waals surface area contributed by atoms with Crippen molar-refractivity contribution in [1.82, 2.24) is 10.3 Å². The third-order valence-electron chi connectivity index (χ3n) is 2.83. The molecule has 0 spiro atoms. The lowest BCUT2D eigenvalue weighted by molar-refractivity contribution is 0.0951. The number of nitrogens with zero attached hydrogens (tertiary/aromatic N) is 1. The van der Waals surface area contributed by atoms with E-state index in [9.17, 15) is 4.79 Å². The first-order valence-corrected chi connectivity index (χ1v) is 6.56. The van der Waals surface area contributed by atoms with E-state index >= 15 is 0 Å². The Hall–Kier alpha value is -2.27. The average molecular weight is 285 g/mol. The van der Waals surface area contributed by atoms with Gasteiger partial charge in [0.05, 0.1) is 0 Å². The fourth-order valence-corrected chi connectivity index (χ4v) is 1.83. The van der Waals surface area contributed by atoms with Crippen molar-refractivity contribution in [3.05, 3.63) is 65.0 Å². The molecule has 0 fully saturated rings. The predicted molar refractivity (Wildman–Crippen MR) is 82.5 cm³/mol. The Labute approximate surface area is 123 Å². The van der Waals surface area contributed by atoms with Gasteiger partial charge in [0, 0.05) is 29.6 Å². The number of rotatable bonds is 4. The highest BCUT2D eigenvalue weighted by Gasteiger charge is 2.07. The van der Waals surface area contributed by atoms with Crippen LogP contribution >= 0.6 is 12.2 Å². The van der Waals surface area contributed by atoms with Crippen LogP contribution in [-0.4, -0.2) is 15.9 Å². The van der Waals surface area contributed by atoms with Crippen molar-refractivity contribution in [2.45, 2.75) is 13.5 Å². The van der Waals surface area contributed by atoms with Gasteiger partial charge in [-0.15, -0.1) is 0 Å². The van der Waals surface area contributed by atoms with Crippen molar-refractivity contribution < 1.29 is 4.79 Å². The van der Waals surface area contributed by atoms with E-state index in [2.05, 4.69) is 10.3 Å². The second kappa shape index (κ2) is 6.25. The van der Waals surface area contributed by atoms with Gasteiger partial charge in [-0.25, -0.2) is 0 Å². The van der Waals surface area contributed by atoms with Gasteiger partial charge in [0.25, 0.3) is 5.91 Å². The highest BCUT2D eigenvalue weighted by Crippen LogP contribution is 2.06. The van der Waals surface area contributed by atoms with Crippen LogP contribution in [0.1, 0.15) is 27.2 Å². The topological polar surface area (TPSA) is 68.0 Å². The zero-order chi connectivity index (χ0) is 14.5. The lowest BCUT2D eigenvalue weighted by Gasteiger charge is -2.06. The molecular formula is C15H15N3OS. The molecule has 102 valence electrons. The van der Waals surface area contributed by atoms with Crippen molar-refractivity contribution in [1.29, 1.82) is 0 Å². The van der Waals surface area contributed by atoms with Gasteiger partial charge in [-0.1, -0.05) is 30.4 Å². The van der Waals surface area contributed by atoms with Crippen molar-refractivity contribution in [2.75, 3.05) is 0 Å². The van der Waals surface area contributed by atoms with Gasteiger partial charge in [0.15, 0.2) is 0 Å². The fourth-order valence-electron chi connectivity index (χ4n) is 1.70. The lowest BCUT2D eigenvalue weighted by Crippen LogP contribution is -2.23. The first-order valence-electron chi connectivity index (χ1n) is 6.16. The Balaban J connectivity index is 2.03. The average Bonchev–Trinajstić information content (AvgIpc) is 2.46. The third kappa shape index (κ3) is 3.61. The second-order valence-corrected chi connectivity index (χ2v) is 4.88. The van der Waals surface area contributed by atoms with Gasteiger partial charge >= 0.3 is 0 Å². The summed E-state index contributed by atoms with van der Waals surface area (Å²) in [7, 11) is 0. The summed E-state index contributed by atoms with van der Waals surface area (Å²) >= 11 is 4.90. The first-order chi connectivity index (χ1) is 9.56. The van der Waals surface area contributed by atoms with Crippen molar-refractivity contribution in [2.24, 2.45) is 5.73 Å². The molecule has 2 aromatic rings. The second-order valence-electron chi connectivity index (χ2n) is 4.44. The molecule has 0 bridgehead atoms. The minimum absolute atomic E-state index is 0.163. The standard InChI is InChI=1S/C15H15N3OS/c1-10-5-6-11(8-17-10)9-18-15(19)13-4-2-3-12(7-13)14(16)20/h2-8H,9H2,1H3,(H2,16,20)(H,18,19). The number of carbonyl (C=O) groups is 1. The SMILES string of the molecule is Cc1ccc(CNC(=O)c2cccc(C(N)=S)c2)cn1. The van der Waals surface area contributed by atoms with Crippen LogP contribution in [0.4, 0.5) is 0 Å². The molecule has 1 amide bonds. The zero-order valence-electron chi connectivity index (χ0n) is 11.1. The molecule has 20 heavy (non-hydrogen) atoms. The van der Waals surface area contributed by atoms with E-state index in [1.165, 1.54) is 0 Å². The third-order valence-corrected chi connectivity index (χ3v) is 3.07. The minimum Gasteiger partial charge on any atom is -0.389 e. The molecule has 0 radical (unpaired) electrons. The first kappa shape index (κ1) is 14.1. The Kier molecular flexibility index (Phi) is 4.42. The lowest BCUT2D eigenvalue weighted by atomic mass is 10.1. The Morgan fingerprint density at radius 3 is 2.70 bits per heavy atom. The number of thiocarbonyl (C=S) groups is 1. The van der Waals surface area contributed by atoms with Crippen LogP contribution in [0.5, 0.6) is 0 Å². The molecular weight excluding hydrogens is 270 g/mol. The number of hydrogen-bond acceptors (Lipinski definition) is 3. The number of carbonyl (C=O) groups excluding carboxylic acids is 1. The molecule has 0 aliphatic heterocycles. The summed E-state index contributed by atoms with van der Waals surface area (Å²) in [6.45, 7) is 2.35. The maximum atomic E-state index is 12.0. The summed E-state index contributed by atoms with van der Waals surface area (Å²) in [5.41, 5.74) is 8.68. The highest BCUT2D eigenvalue weighted by molar-refractivity contribution is 7.80. The van der Waals surface area contributed by atoms with Gasteiger partial charge in [-0.2, -0.15) is 0 Å². The molecule has 0 unspecified atom stereocenters. The molecule has 0 saturated heterocycles. The molecule has 1 heterocycles. The quantitative estimate of drug-likeness (QED) is 0.843. The van der Waals surface area contributed by atoms with Crippen LogP contribution in [0.15, 0.2) is 42.6 Å². The van der Waals surface area contributed by atoms with Crippen molar-refractivity contribution in [3.8, 4) is 0 Å². The molecule has 0 atom stereocenters. The van der Waals surface area contributed by atoms with E-state index in [1.807, 2.05) is 19.1 Å². The molecule has 0 aliphatic carbocycles. The molecule has 3 N–H and O–H groups in total. The number of pyridine rings is 1. The molecule has 2 rings (SSSR count). The molecule has 0 aliphatic rings. The molecule has 4 nitrogen and oxygen atoms in total. The van der Waals surface area contributed by atoms with E-state index in [4.69, 9.17) is 18.0 Å². The summed E-state index contributed by atoms with van der Waals surface area (Å²) in [4.78, 5) is 16.5. The maximum absolute atomic E-state index is 12.0. The molecule has 1 aromatic heterocycles. The van der Waals surface area contributed by atoms with Gasteiger partial charge in [0.2, 0.25) is 0 Å². The van der Waals surface area contributed by atoms with Crippen LogP contribution in [-0.2, 0) is 6.54 Å². The number of benzene rings is 1. The van der Waals surface area contributed by atoms with Gasteiger partial charge in [-0.05, 0) is 30.7 Å². The Morgan fingerprint density at radius 1 is 1.30 bits per heavy atom. The van der Waals surface area contributed by atoms with E-state index in [-0.39, 0.29) is 10.9 Å². The molecule has 5 heteroatoms. The van der Waals surface area contributed by atoms with Gasteiger partial charge in [0.1, 0.15) is 4.99 Å². The number of aryl methyl sites for hydroxylation is 1. The number of nitrogens with two attached hydrogens (primary N) is 1. The van der Waals surface area contributed by atoms with Gasteiger partial charge < -0.3 is 11.1 Å². The smallest absolute Gasteiger partial charge is 0.251 e. The predicted octanol–water partition coefficient (Wildman–Crippen LogP) is 1.95. The molecule has 0 saturated carbocycles. The van der Waals surface area contributed by atoms with E-state index in [1.54, 1.807) is 30.5 Å². The fraction of sp³-hybridized carbons (Fsp3) is 0.133. The molecule has 1 aromatic carbocycles. The van der Waals surface area contributed by atoms with Crippen molar-refractivity contribution >= 4 is 23.1 Å². The summed E-state index contributed by atoms with van der Waals surface area (Å²) in [6, 6.07) is 10.8. The van der Waals surface area contributed by atoms with Crippen molar-refractivity contribution in [3.63, 3.8) is 0 Å². The van der Waals surface area contributed by atoms with Crippen LogP contribution < -0.4 is 11.1 Å². The van der Waals surface area contributed by atoms with Crippen LogP contribution in [0.25, 0.3) is 0 Å². The summed E-state index contributed by atoms with van der Waals surface area (Å²) < 4.78 is 0. The normalized spacial score (nSPS) is 10.1. The summed E-state index contributed by atoms with van der Waals surface area (Å²) in [5, 5.41) is 2.84. The number of nitrogens with one attached hydrogen (secondary N) is 1. The minimum atomic E-state index is -0.163. The highest BCUT2D eigenvalue weighted by atomic mass is 32.1. The monoisotopic (exact) mass is 285 g/mol. The largest absolute Gasteiger partial charge is 0.389 e. The number of hydrogen-bond donors (Lipinski definition) is 2. The van der Waals surface area contributed by atoms with E-state index < -0.39 is 0 Å². The summed E-state index contributed by atoms with van der Waals surface area (Å²) in [5.74, 6) is -0.163.